The SMILES string of the molecule is COC(=O)N(C)c1ccc(NC(C(=O)Nc2cc(C)on2)c2ccccc2)cc1. The van der Waals surface area contributed by atoms with E-state index < -0.39 is 12.1 Å². The summed E-state index contributed by atoms with van der Waals surface area (Å²) in [5.74, 6) is 0.681. The molecule has 150 valence electrons. The number of carbonyl (C=O) groups excluding carboxylic acids is 2. The van der Waals surface area contributed by atoms with E-state index in [1.165, 1.54) is 12.0 Å². The van der Waals surface area contributed by atoms with Gasteiger partial charge in [0.05, 0.1) is 7.11 Å². The molecular formula is C21H22N4O4. The van der Waals surface area contributed by atoms with Gasteiger partial charge in [-0.1, -0.05) is 35.5 Å². The van der Waals surface area contributed by atoms with Crippen molar-refractivity contribution in [2.45, 2.75) is 13.0 Å². The molecule has 3 aromatic rings. The maximum absolute atomic E-state index is 12.9. The van der Waals surface area contributed by atoms with Crippen molar-refractivity contribution in [3.8, 4) is 0 Å². The van der Waals surface area contributed by atoms with Crippen molar-refractivity contribution in [3.63, 3.8) is 0 Å². The van der Waals surface area contributed by atoms with Crippen LogP contribution in [0.1, 0.15) is 17.4 Å². The largest absolute Gasteiger partial charge is 0.452 e. The van der Waals surface area contributed by atoms with Crippen LogP contribution in [0.2, 0.25) is 0 Å². The molecule has 0 radical (unpaired) electrons. The maximum atomic E-state index is 12.9. The summed E-state index contributed by atoms with van der Waals surface area (Å²) in [5.41, 5.74) is 2.18. The van der Waals surface area contributed by atoms with Gasteiger partial charge >= 0.3 is 6.09 Å². The highest BCUT2D eigenvalue weighted by atomic mass is 16.5. The molecule has 0 aliphatic carbocycles. The zero-order valence-corrected chi connectivity index (χ0v) is 16.4. The number of rotatable bonds is 6. The van der Waals surface area contributed by atoms with Crippen molar-refractivity contribution < 1.29 is 18.8 Å². The van der Waals surface area contributed by atoms with Gasteiger partial charge in [-0.25, -0.2) is 4.79 Å². The van der Waals surface area contributed by atoms with Crippen molar-refractivity contribution in [2.75, 3.05) is 29.7 Å². The minimum absolute atomic E-state index is 0.278. The number of hydrogen-bond donors (Lipinski definition) is 2. The summed E-state index contributed by atoms with van der Waals surface area (Å²) in [7, 11) is 2.95. The Hall–Kier alpha value is -3.81. The first-order valence-electron chi connectivity index (χ1n) is 8.95. The Labute approximate surface area is 168 Å². The predicted octanol–water partition coefficient (Wildman–Crippen LogP) is 3.98. The molecule has 0 bridgehead atoms. The highest BCUT2D eigenvalue weighted by molar-refractivity contribution is 5.96. The topological polar surface area (TPSA) is 96.7 Å². The monoisotopic (exact) mass is 394 g/mol. The molecule has 0 aliphatic heterocycles. The third-order valence-corrected chi connectivity index (χ3v) is 4.29. The summed E-state index contributed by atoms with van der Waals surface area (Å²) in [6.45, 7) is 1.75. The molecule has 8 heteroatoms. The van der Waals surface area contributed by atoms with Gasteiger partial charge < -0.3 is 19.9 Å². The second-order valence-corrected chi connectivity index (χ2v) is 6.38. The van der Waals surface area contributed by atoms with Crippen LogP contribution in [0, 0.1) is 6.92 Å². The molecular weight excluding hydrogens is 372 g/mol. The van der Waals surface area contributed by atoms with E-state index in [1.54, 1.807) is 44.3 Å². The lowest BCUT2D eigenvalue weighted by Gasteiger charge is -2.20. The molecule has 3 rings (SSSR count). The third-order valence-electron chi connectivity index (χ3n) is 4.29. The number of aryl methyl sites for hydroxylation is 1. The van der Waals surface area contributed by atoms with Gasteiger partial charge in [0.15, 0.2) is 5.82 Å². The first-order valence-corrected chi connectivity index (χ1v) is 8.95. The molecule has 2 aromatic carbocycles. The first kappa shape index (κ1) is 19.9. The molecule has 0 saturated carbocycles. The van der Waals surface area contributed by atoms with Gasteiger partial charge in [-0.15, -0.1) is 0 Å². The third kappa shape index (κ3) is 4.92. The Bertz CT molecular complexity index is 970. The van der Waals surface area contributed by atoms with Crippen molar-refractivity contribution >= 4 is 29.2 Å². The van der Waals surface area contributed by atoms with Crippen molar-refractivity contribution in [1.29, 1.82) is 0 Å². The number of nitrogens with zero attached hydrogens (tertiary/aromatic N) is 2. The molecule has 0 saturated heterocycles. The molecule has 29 heavy (non-hydrogen) atoms. The van der Waals surface area contributed by atoms with E-state index in [9.17, 15) is 9.59 Å². The van der Waals surface area contributed by atoms with Crippen molar-refractivity contribution in [3.05, 3.63) is 72.0 Å². The molecule has 1 unspecified atom stereocenters. The normalized spacial score (nSPS) is 11.4. The molecule has 1 aromatic heterocycles. The van der Waals surface area contributed by atoms with Crippen LogP contribution in [0.3, 0.4) is 0 Å². The Morgan fingerprint density at radius 1 is 1.10 bits per heavy atom. The second-order valence-electron chi connectivity index (χ2n) is 6.38. The van der Waals surface area contributed by atoms with Crippen LogP contribution in [0.15, 0.2) is 65.2 Å². The summed E-state index contributed by atoms with van der Waals surface area (Å²) < 4.78 is 9.72. The number of anilines is 3. The van der Waals surface area contributed by atoms with Gasteiger partial charge in [-0.2, -0.15) is 0 Å². The summed E-state index contributed by atoms with van der Waals surface area (Å²) in [5, 5.41) is 9.79. The van der Waals surface area contributed by atoms with Gasteiger partial charge in [-0.3, -0.25) is 9.69 Å². The lowest BCUT2D eigenvalue weighted by Crippen LogP contribution is -2.27. The standard InChI is InChI=1S/C21H22N4O4/c1-14-13-18(24-29-14)23-20(26)19(15-7-5-4-6-8-15)22-16-9-11-17(12-10-16)25(2)21(27)28-3/h4-13,19,22H,1-3H3,(H,23,24,26). The van der Waals surface area contributed by atoms with Crippen LogP contribution < -0.4 is 15.5 Å². The lowest BCUT2D eigenvalue weighted by atomic mass is 10.1. The predicted molar refractivity (Wildman–Crippen MR) is 110 cm³/mol. The van der Waals surface area contributed by atoms with Crippen LogP contribution in [-0.2, 0) is 9.53 Å². The minimum Gasteiger partial charge on any atom is -0.452 e. The molecule has 0 fully saturated rings. The number of benzene rings is 2. The summed E-state index contributed by atoms with van der Waals surface area (Å²) >= 11 is 0. The smallest absolute Gasteiger partial charge is 0.413 e. The highest BCUT2D eigenvalue weighted by Gasteiger charge is 2.22. The van der Waals surface area contributed by atoms with Crippen LogP contribution in [0.4, 0.5) is 22.0 Å². The molecule has 0 spiro atoms. The van der Waals surface area contributed by atoms with E-state index in [1.807, 2.05) is 30.3 Å². The molecule has 2 N–H and O–H groups in total. The Balaban J connectivity index is 1.80. The van der Waals surface area contributed by atoms with Gasteiger partial charge in [0.1, 0.15) is 11.8 Å². The zero-order chi connectivity index (χ0) is 20.8. The van der Waals surface area contributed by atoms with Gasteiger partial charge in [0, 0.05) is 24.5 Å². The van der Waals surface area contributed by atoms with E-state index in [4.69, 9.17) is 9.26 Å². The van der Waals surface area contributed by atoms with Gasteiger partial charge in [-0.05, 0) is 36.8 Å². The van der Waals surface area contributed by atoms with E-state index in [0.717, 1.165) is 5.56 Å². The highest BCUT2D eigenvalue weighted by Crippen LogP contribution is 2.24. The molecule has 1 atom stereocenters. The molecule has 8 nitrogen and oxygen atoms in total. The first-order chi connectivity index (χ1) is 14.0. The number of ether oxygens (including phenoxy) is 1. The summed E-state index contributed by atoms with van der Waals surface area (Å²) in [6, 6.07) is 17.5. The van der Waals surface area contributed by atoms with E-state index >= 15 is 0 Å². The quantitative estimate of drug-likeness (QED) is 0.656. The minimum atomic E-state index is -0.655. The molecule has 1 heterocycles. The summed E-state index contributed by atoms with van der Waals surface area (Å²) in [6.07, 6.45) is -0.463. The number of methoxy groups -OCH3 is 1. The van der Waals surface area contributed by atoms with Crippen LogP contribution in [0.25, 0.3) is 0 Å². The van der Waals surface area contributed by atoms with Gasteiger partial charge in [0.2, 0.25) is 0 Å². The van der Waals surface area contributed by atoms with Crippen LogP contribution >= 0.6 is 0 Å². The fourth-order valence-corrected chi connectivity index (χ4v) is 2.76. The number of nitrogens with one attached hydrogen (secondary N) is 2. The number of carbonyl (C=O) groups is 2. The Kier molecular flexibility index (Phi) is 6.13. The number of hydrogen-bond acceptors (Lipinski definition) is 6. The van der Waals surface area contributed by atoms with E-state index in [-0.39, 0.29) is 5.91 Å². The fourth-order valence-electron chi connectivity index (χ4n) is 2.76. The zero-order valence-electron chi connectivity index (χ0n) is 16.4. The van der Waals surface area contributed by atoms with Crippen LogP contribution in [-0.4, -0.2) is 31.3 Å². The maximum Gasteiger partial charge on any atom is 0.413 e. The van der Waals surface area contributed by atoms with Gasteiger partial charge in [0.25, 0.3) is 5.91 Å². The van der Waals surface area contributed by atoms with E-state index in [2.05, 4.69) is 15.8 Å². The Morgan fingerprint density at radius 2 is 1.79 bits per heavy atom. The number of aromatic nitrogens is 1. The van der Waals surface area contributed by atoms with E-state index in [0.29, 0.717) is 23.0 Å². The Morgan fingerprint density at radius 3 is 2.38 bits per heavy atom. The van der Waals surface area contributed by atoms with Crippen LogP contribution in [0.5, 0.6) is 0 Å². The van der Waals surface area contributed by atoms with Crippen molar-refractivity contribution in [2.24, 2.45) is 0 Å². The van der Waals surface area contributed by atoms with Crippen molar-refractivity contribution in [1.82, 2.24) is 5.16 Å². The average Bonchev–Trinajstić information content (AvgIpc) is 3.16. The number of amides is 2. The molecule has 0 aliphatic rings. The molecule has 2 amide bonds. The fraction of sp³-hybridized carbons (Fsp3) is 0.190. The lowest BCUT2D eigenvalue weighted by molar-refractivity contribution is -0.117. The summed E-state index contributed by atoms with van der Waals surface area (Å²) in [4.78, 5) is 25.9. The second kappa shape index (κ2) is 8.92. The average molecular weight is 394 g/mol.